The highest BCUT2D eigenvalue weighted by atomic mass is 16.6. The molecule has 0 heterocycles. The van der Waals surface area contributed by atoms with E-state index in [0.717, 1.165) is 0 Å². The number of amides is 1. The fourth-order valence-electron chi connectivity index (χ4n) is 2.41. The van der Waals surface area contributed by atoms with Gasteiger partial charge in [0.1, 0.15) is 5.75 Å². The number of nitrogens with one attached hydrogen (secondary N) is 1. The third-order valence-electron chi connectivity index (χ3n) is 3.91. The minimum absolute atomic E-state index is 0.102. The Labute approximate surface area is 166 Å². The van der Waals surface area contributed by atoms with Gasteiger partial charge in [0.15, 0.2) is 18.1 Å². The summed E-state index contributed by atoms with van der Waals surface area (Å²) in [5.41, 5.74) is 0.591. The molecule has 10 nitrogen and oxygen atoms in total. The molecule has 0 saturated heterocycles. The Hall–Kier alpha value is -3.82. The molecule has 0 radical (unpaired) electrons. The normalized spacial score (nSPS) is 10.0. The number of ether oxygens (including phenoxy) is 4. The molecule has 29 heavy (non-hydrogen) atoms. The lowest BCUT2D eigenvalue weighted by atomic mass is 10.1. The molecule has 0 aliphatic rings. The van der Waals surface area contributed by atoms with Crippen LogP contribution < -0.4 is 19.5 Å². The summed E-state index contributed by atoms with van der Waals surface area (Å²) < 4.78 is 20.6. The number of rotatable bonds is 9. The summed E-state index contributed by atoms with van der Waals surface area (Å²) in [6, 6.07) is 8.18. The monoisotopic (exact) mass is 404 g/mol. The Kier molecular flexibility index (Phi) is 7.35. The zero-order chi connectivity index (χ0) is 21.4. The molecule has 0 spiro atoms. The van der Waals surface area contributed by atoms with Crippen LogP contribution in [0.25, 0.3) is 0 Å². The van der Waals surface area contributed by atoms with Crippen molar-refractivity contribution >= 4 is 17.6 Å². The smallest absolute Gasteiger partial charge is 0.338 e. The number of nitro benzene ring substituents is 1. The van der Waals surface area contributed by atoms with Crippen molar-refractivity contribution < 1.29 is 33.5 Å². The second kappa shape index (κ2) is 9.93. The van der Waals surface area contributed by atoms with Crippen LogP contribution in [0.1, 0.15) is 15.9 Å². The van der Waals surface area contributed by atoms with Crippen molar-refractivity contribution in [2.75, 3.05) is 27.9 Å². The van der Waals surface area contributed by atoms with Crippen LogP contribution in [0.15, 0.2) is 36.4 Å². The molecule has 0 saturated carbocycles. The summed E-state index contributed by atoms with van der Waals surface area (Å²) in [5.74, 6) is 0.153. The highest BCUT2D eigenvalue weighted by Gasteiger charge is 2.15. The topological polar surface area (TPSA) is 126 Å². The number of nitro groups is 1. The van der Waals surface area contributed by atoms with Gasteiger partial charge in [0.25, 0.3) is 11.6 Å². The number of carbonyl (C=O) groups excluding carboxylic acids is 2. The number of nitrogens with zero attached hydrogens (tertiary/aromatic N) is 1. The first-order valence-corrected chi connectivity index (χ1v) is 8.36. The summed E-state index contributed by atoms with van der Waals surface area (Å²) in [6.45, 7) is -0.400. The van der Waals surface area contributed by atoms with Crippen LogP contribution in [-0.2, 0) is 16.1 Å². The molecular formula is C19H20N2O8. The molecule has 0 fully saturated rings. The van der Waals surface area contributed by atoms with E-state index in [2.05, 4.69) is 5.32 Å². The summed E-state index contributed by atoms with van der Waals surface area (Å²) >= 11 is 0. The molecule has 154 valence electrons. The number of benzene rings is 2. The Morgan fingerprint density at radius 3 is 2.10 bits per heavy atom. The van der Waals surface area contributed by atoms with E-state index < -0.39 is 23.4 Å². The van der Waals surface area contributed by atoms with E-state index in [1.807, 2.05) is 0 Å². The van der Waals surface area contributed by atoms with Crippen molar-refractivity contribution in [2.24, 2.45) is 0 Å². The van der Waals surface area contributed by atoms with Crippen molar-refractivity contribution in [1.29, 1.82) is 0 Å². The van der Waals surface area contributed by atoms with Crippen molar-refractivity contribution in [1.82, 2.24) is 5.32 Å². The average molecular weight is 404 g/mol. The van der Waals surface area contributed by atoms with Gasteiger partial charge in [-0.2, -0.15) is 0 Å². The lowest BCUT2D eigenvalue weighted by molar-refractivity contribution is -0.384. The van der Waals surface area contributed by atoms with E-state index in [9.17, 15) is 19.7 Å². The summed E-state index contributed by atoms with van der Waals surface area (Å²) in [5, 5.41) is 13.2. The van der Waals surface area contributed by atoms with Gasteiger partial charge in [0.2, 0.25) is 0 Å². The van der Waals surface area contributed by atoms with E-state index in [0.29, 0.717) is 22.8 Å². The minimum Gasteiger partial charge on any atom is -0.496 e. The average Bonchev–Trinajstić information content (AvgIpc) is 2.75. The third-order valence-corrected chi connectivity index (χ3v) is 3.91. The van der Waals surface area contributed by atoms with Crippen molar-refractivity contribution in [2.45, 2.75) is 6.54 Å². The Morgan fingerprint density at radius 1 is 0.966 bits per heavy atom. The van der Waals surface area contributed by atoms with Crippen LogP contribution in [0.4, 0.5) is 5.69 Å². The van der Waals surface area contributed by atoms with E-state index in [-0.39, 0.29) is 17.8 Å². The maximum Gasteiger partial charge on any atom is 0.338 e. The minimum atomic E-state index is -0.765. The highest BCUT2D eigenvalue weighted by molar-refractivity contribution is 5.91. The summed E-state index contributed by atoms with van der Waals surface area (Å²) in [6.07, 6.45) is 0. The maximum atomic E-state index is 12.0. The van der Waals surface area contributed by atoms with Crippen LogP contribution in [0, 0.1) is 10.1 Å². The van der Waals surface area contributed by atoms with Gasteiger partial charge in [-0.25, -0.2) is 4.79 Å². The molecule has 0 atom stereocenters. The molecule has 1 N–H and O–H groups in total. The van der Waals surface area contributed by atoms with Crippen molar-refractivity contribution in [3.05, 3.63) is 57.6 Å². The number of methoxy groups -OCH3 is 3. The van der Waals surface area contributed by atoms with E-state index >= 15 is 0 Å². The summed E-state index contributed by atoms with van der Waals surface area (Å²) in [7, 11) is 4.47. The lowest BCUT2D eigenvalue weighted by Crippen LogP contribution is -2.28. The van der Waals surface area contributed by atoms with Crippen LogP contribution in [-0.4, -0.2) is 44.7 Å². The SMILES string of the molecule is COc1cc(OC)c(OC)cc1CNC(=O)COC(=O)c1ccc([N+](=O)[O-])cc1. The maximum absolute atomic E-state index is 12.0. The summed E-state index contributed by atoms with van der Waals surface area (Å²) in [4.78, 5) is 34.0. The number of esters is 1. The predicted molar refractivity (Wildman–Crippen MR) is 101 cm³/mol. The van der Waals surface area contributed by atoms with Crippen LogP contribution in [0.3, 0.4) is 0 Å². The highest BCUT2D eigenvalue weighted by Crippen LogP contribution is 2.34. The molecule has 2 aromatic rings. The number of hydrogen-bond donors (Lipinski definition) is 1. The van der Waals surface area contributed by atoms with Crippen molar-refractivity contribution in [3.63, 3.8) is 0 Å². The van der Waals surface area contributed by atoms with Gasteiger partial charge in [0.05, 0.1) is 31.8 Å². The predicted octanol–water partition coefficient (Wildman–Crippen LogP) is 2.09. The molecule has 0 aliphatic carbocycles. The fraction of sp³-hybridized carbons (Fsp3) is 0.263. The first-order chi connectivity index (χ1) is 13.9. The molecular weight excluding hydrogens is 384 g/mol. The Bertz CT molecular complexity index is 896. The molecule has 2 aromatic carbocycles. The van der Waals surface area contributed by atoms with Gasteiger partial charge < -0.3 is 24.3 Å². The Balaban J connectivity index is 1.93. The molecule has 0 unspecified atom stereocenters. The lowest BCUT2D eigenvalue weighted by Gasteiger charge is -2.14. The molecule has 10 heteroatoms. The number of hydrogen-bond acceptors (Lipinski definition) is 8. The zero-order valence-electron chi connectivity index (χ0n) is 16.1. The standard InChI is InChI=1S/C19H20N2O8/c1-26-15-9-17(28-3)16(27-2)8-13(15)10-20-18(22)11-29-19(23)12-4-6-14(7-5-12)21(24)25/h4-9H,10-11H2,1-3H3,(H,20,22). The van der Waals surface area contributed by atoms with E-state index in [1.54, 1.807) is 12.1 Å². The molecule has 0 aromatic heterocycles. The molecule has 2 rings (SSSR count). The first-order valence-electron chi connectivity index (χ1n) is 8.36. The van der Waals surface area contributed by atoms with Gasteiger partial charge in [-0.3, -0.25) is 14.9 Å². The largest absolute Gasteiger partial charge is 0.496 e. The third kappa shape index (κ3) is 5.58. The van der Waals surface area contributed by atoms with Crippen molar-refractivity contribution in [3.8, 4) is 17.2 Å². The quantitative estimate of drug-likeness (QED) is 0.382. The molecule has 1 amide bonds. The van der Waals surface area contributed by atoms with Gasteiger partial charge >= 0.3 is 5.97 Å². The first kappa shape index (κ1) is 21.5. The van der Waals surface area contributed by atoms with Gasteiger partial charge in [0, 0.05) is 30.3 Å². The number of carbonyl (C=O) groups is 2. The van der Waals surface area contributed by atoms with Crippen LogP contribution >= 0.6 is 0 Å². The van der Waals surface area contributed by atoms with E-state index in [1.165, 1.54) is 45.6 Å². The molecule has 0 bridgehead atoms. The van der Waals surface area contributed by atoms with Crippen LogP contribution in [0.5, 0.6) is 17.2 Å². The van der Waals surface area contributed by atoms with E-state index in [4.69, 9.17) is 18.9 Å². The van der Waals surface area contributed by atoms with Crippen LogP contribution in [0.2, 0.25) is 0 Å². The number of non-ortho nitro benzene ring substituents is 1. The molecule has 0 aliphatic heterocycles. The Morgan fingerprint density at radius 2 is 1.55 bits per heavy atom. The second-order valence-corrected chi connectivity index (χ2v) is 5.68. The zero-order valence-corrected chi connectivity index (χ0v) is 16.1. The van der Waals surface area contributed by atoms with Gasteiger partial charge in [-0.1, -0.05) is 0 Å². The van der Waals surface area contributed by atoms with Gasteiger partial charge in [-0.15, -0.1) is 0 Å². The fourth-order valence-corrected chi connectivity index (χ4v) is 2.41. The van der Waals surface area contributed by atoms with Gasteiger partial charge in [-0.05, 0) is 18.2 Å². The second-order valence-electron chi connectivity index (χ2n) is 5.68.